The van der Waals surface area contributed by atoms with Crippen molar-refractivity contribution < 1.29 is 4.79 Å². The SMILES string of the molecule is O=C(c1cc(Br)ccc1Br)N1CCCSCC1. The van der Waals surface area contributed by atoms with E-state index in [0.29, 0.717) is 0 Å². The Balaban J connectivity index is 2.20. The molecule has 5 heteroatoms. The summed E-state index contributed by atoms with van der Waals surface area (Å²) in [6.07, 6.45) is 1.09. The second-order valence-corrected chi connectivity index (χ2v) is 6.88. The van der Waals surface area contributed by atoms with Crippen LogP contribution in [0.4, 0.5) is 0 Å². The number of benzene rings is 1. The molecule has 0 spiro atoms. The van der Waals surface area contributed by atoms with Gasteiger partial charge in [-0.15, -0.1) is 0 Å². The highest BCUT2D eigenvalue weighted by molar-refractivity contribution is 9.11. The van der Waals surface area contributed by atoms with Gasteiger partial charge in [0.2, 0.25) is 0 Å². The monoisotopic (exact) mass is 377 g/mol. The topological polar surface area (TPSA) is 20.3 Å². The number of amides is 1. The van der Waals surface area contributed by atoms with Crippen LogP contribution in [-0.4, -0.2) is 35.4 Å². The van der Waals surface area contributed by atoms with E-state index in [1.807, 2.05) is 34.9 Å². The van der Waals surface area contributed by atoms with Gasteiger partial charge in [-0.1, -0.05) is 15.9 Å². The van der Waals surface area contributed by atoms with Crippen molar-refractivity contribution in [2.45, 2.75) is 6.42 Å². The molecule has 1 aromatic rings. The summed E-state index contributed by atoms with van der Waals surface area (Å²) in [5.74, 6) is 2.32. The predicted octanol–water partition coefficient (Wildman–Crippen LogP) is 3.79. The van der Waals surface area contributed by atoms with Gasteiger partial charge in [-0.2, -0.15) is 11.8 Å². The van der Waals surface area contributed by atoms with Gasteiger partial charge in [-0.25, -0.2) is 0 Å². The summed E-state index contributed by atoms with van der Waals surface area (Å²) in [7, 11) is 0. The summed E-state index contributed by atoms with van der Waals surface area (Å²) in [6, 6.07) is 5.72. The average molecular weight is 379 g/mol. The highest BCUT2D eigenvalue weighted by Gasteiger charge is 2.19. The molecule has 0 unspecified atom stereocenters. The quantitative estimate of drug-likeness (QED) is 0.740. The van der Waals surface area contributed by atoms with Gasteiger partial charge >= 0.3 is 0 Å². The van der Waals surface area contributed by atoms with Crippen molar-refractivity contribution in [3.8, 4) is 0 Å². The summed E-state index contributed by atoms with van der Waals surface area (Å²) in [5, 5.41) is 0. The zero-order valence-electron chi connectivity index (χ0n) is 9.29. The van der Waals surface area contributed by atoms with Gasteiger partial charge in [-0.3, -0.25) is 4.79 Å². The van der Waals surface area contributed by atoms with Gasteiger partial charge in [0.1, 0.15) is 0 Å². The molecule has 2 nitrogen and oxygen atoms in total. The average Bonchev–Trinajstić information content (AvgIpc) is 2.60. The largest absolute Gasteiger partial charge is 0.338 e. The molecule has 1 aromatic carbocycles. The Bertz CT molecular complexity index is 417. The zero-order valence-corrected chi connectivity index (χ0v) is 13.3. The number of thioether (sulfide) groups is 1. The normalized spacial score (nSPS) is 16.7. The Hall–Kier alpha value is -0.000000000000000167. The summed E-state index contributed by atoms with van der Waals surface area (Å²) in [5.41, 5.74) is 0.742. The van der Waals surface area contributed by atoms with Crippen molar-refractivity contribution in [3.63, 3.8) is 0 Å². The van der Waals surface area contributed by atoms with E-state index in [9.17, 15) is 4.79 Å². The minimum Gasteiger partial charge on any atom is -0.338 e. The zero-order chi connectivity index (χ0) is 12.3. The van der Waals surface area contributed by atoms with E-state index in [-0.39, 0.29) is 5.91 Å². The van der Waals surface area contributed by atoms with E-state index in [4.69, 9.17) is 0 Å². The summed E-state index contributed by atoms with van der Waals surface area (Å²) in [4.78, 5) is 14.3. The Kier molecular flexibility index (Phi) is 4.94. The number of hydrogen-bond acceptors (Lipinski definition) is 2. The second kappa shape index (κ2) is 6.25. The third-order valence-electron chi connectivity index (χ3n) is 2.67. The number of carbonyl (C=O) groups is 1. The molecule has 1 aliphatic rings. The third kappa shape index (κ3) is 3.48. The van der Waals surface area contributed by atoms with Gasteiger partial charge < -0.3 is 4.90 Å². The van der Waals surface area contributed by atoms with Crippen molar-refractivity contribution in [2.24, 2.45) is 0 Å². The molecule has 0 atom stereocenters. The van der Waals surface area contributed by atoms with Gasteiger partial charge in [0.05, 0.1) is 5.56 Å². The molecule has 0 radical (unpaired) electrons. The minimum atomic E-state index is 0.126. The second-order valence-electron chi connectivity index (χ2n) is 3.88. The van der Waals surface area contributed by atoms with Gasteiger partial charge in [0.25, 0.3) is 5.91 Å². The fourth-order valence-electron chi connectivity index (χ4n) is 1.78. The van der Waals surface area contributed by atoms with Crippen molar-refractivity contribution in [1.82, 2.24) is 4.90 Å². The van der Waals surface area contributed by atoms with Gasteiger partial charge in [0, 0.05) is 27.8 Å². The lowest BCUT2D eigenvalue weighted by Gasteiger charge is -2.20. The molecule has 2 rings (SSSR count). The van der Waals surface area contributed by atoms with Crippen LogP contribution in [0.15, 0.2) is 27.1 Å². The molecule has 1 fully saturated rings. The minimum absolute atomic E-state index is 0.126. The molecule has 0 N–H and O–H groups in total. The summed E-state index contributed by atoms with van der Waals surface area (Å²) in [6.45, 7) is 1.72. The lowest BCUT2D eigenvalue weighted by atomic mass is 10.2. The standard InChI is InChI=1S/C12H13Br2NOS/c13-9-2-3-11(14)10(8-9)12(16)15-4-1-6-17-7-5-15/h2-3,8H,1,4-7H2. The van der Waals surface area contributed by atoms with Crippen molar-refractivity contribution in [1.29, 1.82) is 0 Å². The van der Waals surface area contributed by atoms with E-state index in [2.05, 4.69) is 31.9 Å². The summed E-state index contributed by atoms with van der Waals surface area (Å²) >= 11 is 8.78. The Morgan fingerprint density at radius 3 is 2.88 bits per heavy atom. The molecule has 0 aromatic heterocycles. The predicted molar refractivity (Wildman–Crippen MR) is 79.7 cm³/mol. The molecule has 0 saturated carbocycles. The molecule has 1 amide bonds. The molecule has 1 saturated heterocycles. The number of nitrogens with zero attached hydrogens (tertiary/aromatic N) is 1. The molecule has 92 valence electrons. The van der Waals surface area contributed by atoms with Crippen molar-refractivity contribution >= 4 is 49.5 Å². The van der Waals surface area contributed by atoms with Crippen LogP contribution in [0.3, 0.4) is 0 Å². The van der Waals surface area contributed by atoms with Gasteiger partial charge in [0.15, 0.2) is 0 Å². The fraction of sp³-hybridized carbons (Fsp3) is 0.417. The van der Waals surface area contributed by atoms with Gasteiger partial charge in [-0.05, 0) is 46.3 Å². The third-order valence-corrected chi connectivity index (χ3v) is 4.90. The Morgan fingerprint density at radius 1 is 1.24 bits per heavy atom. The van der Waals surface area contributed by atoms with E-state index >= 15 is 0 Å². The maximum absolute atomic E-state index is 12.4. The van der Waals surface area contributed by atoms with Crippen molar-refractivity contribution in [3.05, 3.63) is 32.7 Å². The first kappa shape index (κ1) is 13.4. The van der Waals surface area contributed by atoms with Crippen LogP contribution < -0.4 is 0 Å². The van der Waals surface area contributed by atoms with Crippen LogP contribution in [0.25, 0.3) is 0 Å². The molecule has 1 aliphatic heterocycles. The molecule has 17 heavy (non-hydrogen) atoms. The van der Waals surface area contributed by atoms with Crippen LogP contribution in [0.5, 0.6) is 0 Å². The number of rotatable bonds is 1. The maximum Gasteiger partial charge on any atom is 0.255 e. The van der Waals surface area contributed by atoms with E-state index in [0.717, 1.165) is 45.5 Å². The number of hydrogen-bond donors (Lipinski definition) is 0. The van der Waals surface area contributed by atoms with Crippen LogP contribution in [-0.2, 0) is 0 Å². The molecular weight excluding hydrogens is 366 g/mol. The van der Waals surface area contributed by atoms with Crippen LogP contribution in [0.1, 0.15) is 16.8 Å². The van der Waals surface area contributed by atoms with E-state index < -0.39 is 0 Å². The Morgan fingerprint density at radius 2 is 2.06 bits per heavy atom. The highest BCUT2D eigenvalue weighted by Crippen LogP contribution is 2.23. The Labute approximate surface area is 122 Å². The lowest BCUT2D eigenvalue weighted by Crippen LogP contribution is -2.33. The highest BCUT2D eigenvalue weighted by atomic mass is 79.9. The molecular formula is C12H13Br2NOS. The fourth-order valence-corrected chi connectivity index (χ4v) is 3.45. The number of halogens is 2. The first-order valence-corrected chi connectivity index (χ1v) is 8.24. The first-order chi connectivity index (χ1) is 8.18. The summed E-state index contributed by atoms with van der Waals surface area (Å²) < 4.78 is 1.80. The molecule has 0 bridgehead atoms. The van der Waals surface area contributed by atoms with E-state index in [1.165, 1.54) is 0 Å². The van der Waals surface area contributed by atoms with E-state index in [1.54, 1.807) is 0 Å². The smallest absolute Gasteiger partial charge is 0.255 e. The van der Waals surface area contributed by atoms with Crippen LogP contribution in [0.2, 0.25) is 0 Å². The maximum atomic E-state index is 12.4. The molecule has 1 heterocycles. The first-order valence-electron chi connectivity index (χ1n) is 5.50. The number of carbonyl (C=O) groups excluding carboxylic acids is 1. The lowest BCUT2D eigenvalue weighted by molar-refractivity contribution is 0.0767. The van der Waals surface area contributed by atoms with Crippen molar-refractivity contribution in [2.75, 3.05) is 24.6 Å². The van der Waals surface area contributed by atoms with Crippen LogP contribution >= 0.6 is 43.6 Å². The van der Waals surface area contributed by atoms with Crippen LogP contribution in [0, 0.1) is 0 Å². The molecule has 0 aliphatic carbocycles.